The monoisotopic (exact) mass is 398 g/mol. The lowest BCUT2D eigenvalue weighted by Crippen LogP contribution is -2.35. The molecule has 3 rings (SSSR count). The summed E-state index contributed by atoms with van der Waals surface area (Å²) in [5.41, 5.74) is -0.00219. The topological polar surface area (TPSA) is 49.3 Å². The van der Waals surface area contributed by atoms with Crippen LogP contribution in [-0.4, -0.2) is 47.0 Å². The van der Waals surface area contributed by atoms with Gasteiger partial charge in [-0.1, -0.05) is 6.92 Å². The molecule has 3 heterocycles. The Kier molecular flexibility index (Phi) is 5.69. The molecule has 0 unspecified atom stereocenters. The predicted octanol–water partition coefficient (Wildman–Crippen LogP) is 3.78. The van der Waals surface area contributed by atoms with Gasteiger partial charge in [0.05, 0.1) is 16.3 Å². The molecule has 9 heteroatoms. The summed E-state index contributed by atoms with van der Waals surface area (Å²) in [4.78, 5) is 25.6. The molecule has 1 aliphatic heterocycles. The summed E-state index contributed by atoms with van der Waals surface area (Å²) in [6, 6.07) is 2.43. The number of carbonyl (C=O) groups excluding carboxylic acids is 1. The number of hydrogen-bond acceptors (Lipinski definition) is 5. The number of rotatable bonds is 3. The molecule has 0 aliphatic carbocycles. The average molecular weight is 398 g/mol. The van der Waals surface area contributed by atoms with Crippen LogP contribution in [-0.2, 0) is 12.6 Å². The fourth-order valence-electron chi connectivity index (χ4n) is 3.04. The molecule has 0 saturated carbocycles. The van der Waals surface area contributed by atoms with Crippen molar-refractivity contribution in [3.63, 3.8) is 0 Å². The van der Waals surface area contributed by atoms with Crippen LogP contribution < -0.4 is 4.90 Å². The highest BCUT2D eigenvalue weighted by Crippen LogP contribution is 2.29. The first-order chi connectivity index (χ1) is 12.8. The van der Waals surface area contributed by atoms with Gasteiger partial charge in [0.25, 0.3) is 5.91 Å². The van der Waals surface area contributed by atoms with Gasteiger partial charge in [0.2, 0.25) is 0 Å². The van der Waals surface area contributed by atoms with Gasteiger partial charge in [-0.3, -0.25) is 4.79 Å². The second-order valence-corrected chi connectivity index (χ2v) is 7.49. The van der Waals surface area contributed by atoms with Crippen molar-refractivity contribution < 1.29 is 18.0 Å². The van der Waals surface area contributed by atoms with E-state index in [0.717, 1.165) is 35.8 Å². The number of thiazole rings is 1. The number of carbonyl (C=O) groups is 1. The SMILES string of the molecule is CCc1nc(C)c(C(=O)N2CCCN(c3ccc(C(F)(F)F)cn3)CC2)s1. The van der Waals surface area contributed by atoms with Gasteiger partial charge in [-0.15, -0.1) is 11.3 Å². The predicted molar refractivity (Wildman–Crippen MR) is 98.2 cm³/mol. The first-order valence-electron chi connectivity index (χ1n) is 8.83. The molecule has 0 aromatic carbocycles. The molecule has 2 aromatic rings. The summed E-state index contributed by atoms with van der Waals surface area (Å²) >= 11 is 1.43. The van der Waals surface area contributed by atoms with Crippen LogP contribution in [0, 0.1) is 6.92 Å². The molecule has 1 fully saturated rings. The van der Waals surface area contributed by atoms with Crippen LogP contribution in [0.25, 0.3) is 0 Å². The van der Waals surface area contributed by atoms with E-state index in [1.54, 1.807) is 4.90 Å². The quantitative estimate of drug-likeness (QED) is 0.790. The summed E-state index contributed by atoms with van der Waals surface area (Å²) in [5, 5.41) is 0.946. The van der Waals surface area contributed by atoms with Crippen molar-refractivity contribution in [1.29, 1.82) is 0 Å². The molecule has 0 atom stereocenters. The molecule has 1 saturated heterocycles. The van der Waals surface area contributed by atoms with E-state index in [9.17, 15) is 18.0 Å². The Bertz CT molecular complexity index is 804. The van der Waals surface area contributed by atoms with Crippen molar-refractivity contribution in [3.05, 3.63) is 39.5 Å². The van der Waals surface area contributed by atoms with Gasteiger partial charge in [-0.25, -0.2) is 9.97 Å². The van der Waals surface area contributed by atoms with Crippen molar-refractivity contribution in [2.75, 3.05) is 31.1 Å². The summed E-state index contributed by atoms with van der Waals surface area (Å²) in [6.45, 7) is 6.13. The lowest BCUT2D eigenvalue weighted by atomic mass is 10.2. The smallest absolute Gasteiger partial charge is 0.355 e. The Morgan fingerprint density at radius 1 is 1.22 bits per heavy atom. The highest BCUT2D eigenvalue weighted by Gasteiger charge is 2.31. The second-order valence-electron chi connectivity index (χ2n) is 6.41. The summed E-state index contributed by atoms with van der Waals surface area (Å²) in [6.07, 6.45) is -2.01. The minimum Gasteiger partial charge on any atom is -0.355 e. The van der Waals surface area contributed by atoms with Crippen LogP contribution in [0.15, 0.2) is 18.3 Å². The van der Waals surface area contributed by atoms with E-state index >= 15 is 0 Å². The molecule has 0 bridgehead atoms. The minimum absolute atomic E-state index is 0.0214. The second kappa shape index (κ2) is 7.84. The fraction of sp³-hybridized carbons (Fsp3) is 0.500. The maximum Gasteiger partial charge on any atom is 0.417 e. The van der Waals surface area contributed by atoms with E-state index in [1.807, 2.05) is 18.7 Å². The highest BCUT2D eigenvalue weighted by atomic mass is 32.1. The molecular weight excluding hydrogens is 377 g/mol. The third-order valence-corrected chi connectivity index (χ3v) is 5.81. The lowest BCUT2D eigenvalue weighted by molar-refractivity contribution is -0.137. The van der Waals surface area contributed by atoms with Gasteiger partial charge in [0, 0.05) is 32.4 Å². The zero-order valence-electron chi connectivity index (χ0n) is 15.2. The normalized spacial score (nSPS) is 15.7. The number of anilines is 1. The van der Waals surface area contributed by atoms with Gasteiger partial charge in [0.1, 0.15) is 10.7 Å². The number of halogens is 3. The number of aromatic nitrogens is 2. The Hall–Kier alpha value is -2.16. The molecule has 1 amide bonds. The largest absolute Gasteiger partial charge is 0.417 e. The van der Waals surface area contributed by atoms with E-state index in [1.165, 1.54) is 17.4 Å². The standard InChI is InChI=1S/C18H21F3N4OS/c1-3-15-23-12(2)16(27-15)17(26)25-8-4-7-24(9-10-25)14-6-5-13(11-22-14)18(19,20)21/h5-6,11H,3-4,7-10H2,1-2H3. The Labute approximate surface area is 159 Å². The lowest BCUT2D eigenvalue weighted by Gasteiger charge is -2.23. The fourth-order valence-corrected chi connectivity index (χ4v) is 4.01. The van der Waals surface area contributed by atoms with Crippen LogP contribution in [0.4, 0.5) is 19.0 Å². The number of pyridine rings is 1. The summed E-state index contributed by atoms with van der Waals surface area (Å²) in [5.74, 6) is 0.478. The molecular formula is C18H21F3N4OS. The van der Waals surface area contributed by atoms with E-state index in [-0.39, 0.29) is 5.91 Å². The van der Waals surface area contributed by atoms with E-state index in [2.05, 4.69) is 9.97 Å². The van der Waals surface area contributed by atoms with E-state index in [0.29, 0.717) is 36.9 Å². The molecule has 0 N–H and O–H groups in total. The maximum atomic E-state index is 12.8. The van der Waals surface area contributed by atoms with Crippen LogP contribution in [0.1, 0.15) is 39.3 Å². The summed E-state index contributed by atoms with van der Waals surface area (Å²) in [7, 11) is 0. The highest BCUT2D eigenvalue weighted by molar-refractivity contribution is 7.13. The molecule has 27 heavy (non-hydrogen) atoms. The third-order valence-electron chi connectivity index (χ3n) is 4.52. The zero-order valence-corrected chi connectivity index (χ0v) is 16.0. The van der Waals surface area contributed by atoms with E-state index in [4.69, 9.17) is 0 Å². The minimum atomic E-state index is -4.39. The van der Waals surface area contributed by atoms with Crippen molar-refractivity contribution in [2.24, 2.45) is 0 Å². The third kappa shape index (κ3) is 4.40. The van der Waals surface area contributed by atoms with Gasteiger partial charge in [-0.05, 0) is 31.9 Å². The average Bonchev–Trinajstić information content (AvgIpc) is 2.86. The number of hydrogen-bond donors (Lipinski definition) is 0. The number of alkyl halides is 3. The van der Waals surface area contributed by atoms with Crippen molar-refractivity contribution in [1.82, 2.24) is 14.9 Å². The van der Waals surface area contributed by atoms with Crippen LogP contribution in [0.5, 0.6) is 0 Å². The van der Waals surface area contributed by atoms with Crippen LogP contribution in [0.2, 0.25) is 0 Å². The molecule has 2 aromatic heterocycles. The number of aryl methyl sites for hydroxylation is 2. The van der Waals surface area contributed by atoms with E-state index < -0.39 is 11.7 Å². The maximum absolute atomic E-state index is 12.8. The number of amides is 1. The van der Waals surface area contributed by atoms with Gasteiger partial charge in [-0.2, -0.15) is 13.2 Å². The summed E-state index contributed by atoms with van der Waals surface area (Å²) < 4.78 is 38.1. The Morgan fingerprint density at radius 3 is 2.59 bits per heavy atom. The van der Waals surface area contributed by atoms with Crippen LogP contribution >= 0.6 is 11.3 Å². The molecule has 5 nitrogen and oxygen atoms in total. The number of nitrogens with zero attached hydrogens (tertiary/aromatic N) is 4. The van der Waals surface area contributed by atoms with Crippen molar-refractivity contribution in [3.8, 4) is 0 Å². The molecule has 146 valence electrons. The van der Waals surface area contributed by atoms with Gasteiger partial charge >= 0.3 is 6.18 Å². The first kappa shape index (κ1) is 19.6. The van der Waals surface area contributed by atoms with Crippen molar-refractivity contribution in [2.45, 2.75) is 32.9 Å². The Morgan fingerprint density at radius 2 is 2.00 bits per heavy atom. The van der Waals surface area contributed by atoms with Crippen LogP contribution in [0.3, 0.4) is 0 Å². The zero-order chi connectivity index (χ0) is 19.6. The molecule has 0 spiro atoms. The molecule has 0 radical (unpaired) electrons. The molecule has 1 aliphatic rings. The first-order valence-corrected chi connectivity index (χ1v) is 9.65. The van der Waals surface area contributed by atoms with Gasteiger partial charge in [0.15, 0.2) is 0 Å². The van der Waals surface area contributed by atoms with Gasteiger partial charge < -0.3 is 9.80 Å². The Balaban J connectivity index is 1.68. The van der Waals surface area contributed by atoms with Crippen molar-refractivity contribution >= 4 is 23.1 Å².